The average Bonchev–Trinajstić information content (AvgIpc) is 3.03. The Kier molecular flexibility index (Phi) is 3.54. The second-order valence-electron chi connectivity index (χ2n) is 5.37. The molecule has 0 radical (unpaired) electrons. The molecule has 0 heterocycles. The van der Waals surface area contributed by atoms with Crippen LogP contribution in [0.25, 0.3) is 0 Å². The van der Waals surface area contributed by atoms with E-state index in [1.54, 1.807) is 18.2 Å². The molecule has 20 heavy (non-hydrogen) atoms. The first kappa shape index (κ1) is 13.6. The molecule has 3 unspecified atom stereocenters. The second kappa shape index (κ2) is 5.20. The van der Waals surface area contributed by atoms with E-state index in [-0.39, 0.29) is 17.4 Å². The van der Waals surface area contributed by atoms with Crippen LogP contribution in [-0.2, 0) is 4.79 Å². The van der Waals surface area contributed by atoms with Crippen molar-refractivity contribution in [1.82, 2.24) is 0 Å². The van der Waals surface area contributed by atoms with Gasteiger partial charge < -0.3 is 10.4 Å². The van der Waals surface area contributed by atoms with Gasteiger partial charge in [-0.3, -0.25) is 4.79 Å². The zero-order chi connectivity index (χ0) is 14.3. The molecule has 2 N–H and O–H groups in total. The number of nitrogens with one attached hydrogen (secondary N) is 1. The fraction of sp³-hybridized carbons (Fsp3) is 0.333. The van der Waals surface area contributed by atoms with Gasteiger partial charge >= 0.3 is 5.97 Å². The van der Waals surface area contributed by atoms with Crippen LogP contribution in [0.15, 0.2) is 30.4 Å². The van der Waals surface area contributed by atoms with E-state index in [1.807, 2.05) is 0 Å². The highest BCUT2D eigenvalue weighted by Gasteiger charge is 2.39. The number of anilines is 1. The number of hydrogen-bond acceptors (Lipinski definition) is 2. The van der Waals surface area contributed by atoms with Crippen molar-refractivity contribution < 1.29 is 14.7 Å². The van der Waals surface area contributed by atoms with E-state index in [0.717, 1.165) is 16.4 Å². The average molecular weight is 383 g/mol. The van der Waals surface area contributed by atoms with Gasteiger partial charge in [-0.1, -0.05) is 12.2 Å². The van der Waals surface area contributed by atoms with E-state index in [4.69, 9.17) is 0 Å². The number of benzene rings is 1. The lowest BCUT2D eigenvalue weighted by atomic mass is 9.92. The van der Waals surface area contributed by atoms with Gasteiger partial charge in [0.2, 0.25) is 5.91 Å². The highest BCUT2D eigenvalue weighted by Crippen LogP contribution is 2.43. The maximum Gasteiger partial charge on any atom is 0.337 e. The van der Waals surface area contributed by atoms with Crippen molar-refractivity contribution in [3.05, 3.63) is 39.5 Å². The lowest BCUT2D eigenvalue weighted by molar-refractivity contribution is -0.120. The smallest absolute Gasteiger partial charge is 0.337 e. The highest BCUT2D eigenvalue weighted by molar-refractivity contribution is 14.1. The molecule has 104 valence electrons. The summed E-state index contributed by atoms with van der Waals surface area (Å²) in [4.78, 5) is 23.6. The van der Waals surface area contributed by atoms with Gasteiger partial charge in [0.05, 0.1) is 11.3 Å². The molecule has 1 saturated carbocycles. The standard InChI is InChI=1S/C15H14INO3/c16-10-3-4-13(12(7-10)15(19)20)17-14(18)11-6-8-1-2-9(11)5-8/h1-4,7-9,11H,5-6H2,(H,17,18)(H,19,20). The number of halogens is 1. The summed E-state index contributed by atoms with van der Waals surface area (Å²) in [7, 11) is 0. The number of amides is 1. The van der Waals surface area contributed by atoms with Crippen LogP contribution in [0.5, 0.6) is 0 Å². The van der Waals surface area contributed by atoms with E-state index in [2.05, 4.69) is 40.1 Å². The maximum absolute atomic E-state index is 12.3. The Hall–Kier alpha value is -1.37. The van der Waals surface area contributed by atoms with Gasteiger partial charge in [0.25, 0.3) is 0 Å². The number of allylic oxidation sites excluding steroid dienone is 2. The molecule has 0 aromatic heterocycles. The topological polar surface area (TPSA) is 66.4 Å². The first-order chi connectivity index (χ1) is 9.54. The van der Waals surface area contributed by atoms with Gasteiger partial charge in [0.1, 0.15) is 0 Å². The summed E-state index contributed by atoms with van der Waals surface area (Å²) >= 11 is 2.06. The van der Waals surface area contributed by atoms with E-state index in [0.29, 0.717) is 17.5 Å². The molecule has 0 spiro atoms. The largest absolute Gasteiger partial charge is 0.478 e. The van der Waals surface area contributed by atoms with Crippen LogP contribution in [0.3, 0.4) is 0 Å². The number of carbonyl (C=O) groups excluding carboxylic acids is 1. The summed E-state index contributed by atoms with van der Waals surface area (Å²) in [5, 5.41) is 12.0. The minimum Gasteiger partial charge on any atom is -0.478 e. The lowest BCUT2D eigenvalue weighted by Crippen LogP contribution is -2.26. The molecule has 5 heteroatoms. The molecule has 0 saturated heterocycles. The van der Waals surface area contributed by atoms with Gasteiger partial charge in [-0.15, -0.1) is 0 Å². The number of fused-ring (bicyclic) bond motifs is 2. The Morgan fingerprint density at radius 1 is 1.25 bits per heavy atom. The van der Waals surface area contributed by atoms with Gasteiger partial charge in [-0.05, 0) is 65.5 Å². The van der Waals surface area contributed by atoms with Crippen molar-refractivity contribution in [3.63, 3.8) is 0 Å². The zero-order valence-electron chi connectivity index (χ0n) is 10.7. The van der Waals surface area contributed by atoms with Crippen LogP contribution in [0.1, 0.15) is 23.2 Å². The van der Waals surface area contributed by atoms with Gasteiger partial charge in [-0.2, -0.15) is 0 Å². The molecular weight excluding hydrogens is 369 g/mol. The fourth-order valence-corrected chi connectivity index (χ4v) is 3.60. The summed E-state index contributed by atoms with van der Waals surface area (Å²) in [6.45, 7) is 0. The number of carboxylic acids is 1. The third kappa shape index (κ3) is 2.46. The number of rotatable bonds is 3. The summed E-state index contributed by atoms with van der Waals surface area (Å²) in [6, 6.07) is 5.02. The normalized spacial score (nSPS) is 26.8. The van der Waals surface area contributed by atoms with Crippen molar-refractivity contribution >= 4 is 40.2 Å². The quantitative estimate of drug-likeness (QED) is 0.623. The van der Waals surface area contributed by atoms with Crippen LogP contribution in [0.4, 0.5) is 5.69 Å². The van der Waals surface area contributed by atoms with E-state index >= 15 is 0 Å². The Morgan fingerprint density at radius 3 is 2.65 bits per heavy atom. The summed E-state index contributed by atoms with van der Waals surface area (Å²) in [6.07, 6.45) is 6.22. The van der Waals surface area contributed by atoms with Crippen molar-refractivity contribution in [3.8, 4) is 0 Å². The van der Waals surface area contributed by atoms with Gasteiger partial charge in [0.15, 0.2) is 0 Å². The molecule has 1 fully saturated rings. The molecule has 2 aliphatic rings. The van der Waals surface area contributed by atoms with Crippen molar-refractivity contribution in [2.45, 2.75) is 12.8 Å². The minimum atomic E-state index is -1.02. The number of carbonyl (C=O) groups is 2. The van der Waals surface area contributed by atoms with Crippen molar-refractivity contribution in [2.24, 2.45) is 17.8 Å². The van der Waals surface area contributed by atoms with Crippen LogP contribution in [0.2, 0.25) is 0 Å². The molecule has 2 aliphatic carbocycles. The third-order valence-electron chi connectivity index (χ3n) is 4.09. The Labute approximate surface area is 130 Å². The summed E-state index contributed by atoms with van der Waals surface area (Å²) in [5.41, 5.74) is 0.526. The first-order valence-corrected chi connectivity index (χ1v) is 7.64. The number of aromatic carboxylic acids is 1. The maximum atomic E-state index is 12.3. The van der Waals surface area contributed by atoms with Gasteiger partial charge in [0, 0.05) is 9.49 Å². The molecule has 2 bridgehead atoms. The van der Waals surface area contributed by atoms with Crippen molar-refractivity contribution in [1.29, 1.82) is 0 Å². The van der Waals surface area contributed by atoms with Crippen LogP contribution >= 0.6 is 22.6 Å². The molecule has 3 atom stereocenters. The van der Waals surface area contributed by atoms with E-state index in [9.17, 15) is 14.7 Å². The molecule has 3 rings (SSSR count). The minimum absolute atomic E-state index is 0.0223. The molecular formula is C15H14INO3. The van der Waals surface area contributed by atoms with E-state index in [1.165, 1.54) is 0 Å². The molecule has 0 aliphatic heterocycles. The zero-order valence-corrected chi connectivity index (χ0v) is 12.8. The number of carboxylic acid groups (broad SMARTS) is 1. The molecule has 1 amide bonds. The van der Waals surface area contributed by atoms with Crippen LogP contribution < -0.4 is 5.32 Å². The lowest BCUT2D eigenvalue weighted by Gasteiger charge is -2.18. The molecule has 1 aromatic carbocycles. The van der Waals surface area contributed by atoms with E-state index < -0.39 is 5.97 Å². The Balaban J connectivity index is 1.79. The summed E-state index contributed by atoms with van der Waals surface area (Å²) in [5.74, 6) is -0.272. The Bertz CT molecular complexity index is 611. The first-order valence-electron chi connectivity index (χ1n) is 6.56. The van der Waals surface area contributed by atoms with Crippen molar-refractivity contribution in [2.75, 3.05) is 5.32 Å². The fourth-order valence-electron chi connectivity index (χ4n) is 3.11. The monoisotopic (exact) mass is 383 g/mol. The SMILES string of the molecule is O=C(O)c1cc(I)ccc1NC(=O)C1CC2C=CC1C2. The van der Waals surface area contributed by atoms with Crippen LogP contribution in [0, 0.1) is 21.3 Å². The predicted molar refractivity (Wildman–Crippen MR) is 83.6 cm³/mol. The second-order valence-corrected chi connectivity index (χ2v) is 6.62. The predicted octanol–water partition coefficient (Wildman–Crippen LogP) is 3.14. The van der Waals surface area contributed by atoms with Crippen LogP contribution in [-0.4, -0.2) is 17.0 Å². The molecule has 1 aromatic rings. The summed E-state index contributed by atoms with van der Waals surface area (Å²) < 4.78 is 0.834. The third-order valence-corrected chi connectivity index (χ3v) is 4.76. The highest BCUT2D eigenvalue weighted by atomic mass is 127. The molecule has 4 nitrogen and oxygen atoms in total. The Morgan fingerprint density at radius 2 is 2.05 bits per heavy atom. The van der Waals surface area contributed by atoms with Gasteiger partial charge in [-0.25, -0.2) is 4.79 Å². The number of hydrogen-bond donors (Lipinski definition) is 2.